The van der Waals surface area contributed by atoms with Crippen LogP contribution in [0.2, 0.25) is 0 Å². The predicted molar refractivity (Wildman–Crippen MR) is 97.2 cm³/mol. The fourth-order valence-corrected chi connectivity index (χ4v) is 3.34. The van der Waals surface area contributed by atoms with Crippen molar-refractivity contribution in [1.82, 2.24) is 14.4 Å². The minimum absolute atomic E-state index is 0.153. The monoisotopic (exact) mass is 325 g/mol. The Morgan fingerprint density at radius 2 is 1.71 bits per heavy atom. The van der Waals surface area contributed by atoms with E-state index in [1.165, 1.54) is 5.56 Å². The zero-order valence-electron chi connectivity index (χ0n) is 14.7. The van der Waals surface area contributed by atoms with E-state index in [0.29, 0.717) is 5.92 Å². The molecule has 1 aromatic heterocycles. The minimum Gasteiger partial charge on any atom is -0.339 e. The van der Waals surface area contributed by atoms with Gasteiger partial charge in [-0.15, -0.1) is 0 Å². The number of piperazine rings is 1. The molecule has 128 valence electrons. The van der Waals surface area contributed by atoms with Gasteiger partial charge in [0.05, 0.1) is 0 Å². The van der Waals surface area contributed by atoms with Crippen LogP contribution >= 0.6 is 0 Å². The Balaban J connectivity index is 1.63. The van der Waals surface area contributed by atoms with Gasteiger partial charge in [-0.25, -0.2) is 0 Å². The molecule has 1 amide bonds. The van der Waals surface area contributed by atoms with Gasteiger partial charge in [0.15, 0.2) is 0 Å². The van der Waals surface area contributed by atoms with E-state index in [9.17, 15) is 4.79 Å². The topological polar surface area (TPSA) is 28.5 Å². The highest BCUT2D eigenvalue weighted by molar-refractivity contribution is 5.92. The molecule has 1 aliphatic heterocycles. The number of hydrogen-bond donors (Lipinski definition) is 0. The van der Waals surface area contributed by atoms with E-state index in [1.807, 2.05) is 41.4 Å². The number of carbonyl (C=O) groups excluding carboxylic acids is 1. The highest BCUT2D eigenvalue weighted by Gasteiger charge is 2.24. The van der Waals surface area contributed by atoms with Gasteiger partial charge in [0, 0.05) is 45.5 Å². The molecule has 0 unspecified atom stereocenters. The maximum Gasteiger partial charge on any atom is 0.270 e. The van der Waals surface area contributed by atoms with Crippen LogP contribution in [0.5, 0.6) is 0 Å². The first-order chi connectivity index (χ1) is 11.6. The van der Waals surface area contributed by atoms with E-state index in [0.717, 1.165) is 45.0 Å². The Hall–Kier alpha value is -2.07. The van der Waals surface area contributed by atoms with Gasteiger partial charge in [-0.05, 0) is 23.6 Å². The molecule has 0 radical (unpaired) electrons. The first kappa shape index (κ1) is 16.8. The molecule has 4 nitrogen and oxygen atoms in total. The molecule has 0 atom stereocenters. The summed E-state index contributed by atoms with van der Waals surface area (Å²) in [5.41, 5.74) is 2.00. The lowest BCUT2D eigenvalue weighted by molar-refractivity contribution is 0.0614. The average Bonchev–Trinajstić information content (AvgIpc) is 3.03. The summed E-state index contributed by atoms with van der Waals surface area (Å²) in [6.07, 6.45) is 2.00. The molecule has 0 N–H and O–H groups in total. The maximum absolute atomic E-state index is 12.9. The van der Waals surface area contributed by atoms with Crippen LogP contribution in [-0.2, 0) is 6.54 Å². The van der Waals surface area contributed by atoms with Gasteiger partial charge in [0.2, 0.25) is 0 Å². The molecule has 3 rings (SSSR count). The van der Waals surface area contributed by atoms with Crippen molar-refractivity contribution < 1.29 is 4.79 Å². The maximum atomic E-state index is 12.9. The van der Waals surface area contributed by atoms with E-state index < -0.39 is 0 Å². The van der Waals surface area contributed by atoms with Crippen molar-refractivity contribution in [3.63, 3.8) is 0 Å². The molecule has 4 heteroatoms. The smallest absolute Gasteiger partial charge is 0.270 e. The quantitative estimate of drug-likeness (QED) is 0.845. The molecular formula is C20H27N3O. The van der Waals surface area contributed by atoms with Crippen molar-refractivity contribution in [3.8, 4) is 0 Å². The summed E-state index contributed by atoms with van der Waals surface area (Å²) < 4.78 is 2.05. The van der Waals surface area contributed by atoms with E-state index in [1.54, 1.807) is 0 Å². The fourth-order valence-electron chi connectivity index (χ4n) is 3.34. The summed E-state index contributed by atoms with van der Waals surface area (Å²) >= 11 is 0. The van der Waals surface area contributed by atoms with Crippen LogP contribution in [0, 0.1) is 5.92 Å². The van der Waals surface area contributed by atoms with Crippen molar-refractivity contribution in [2.24, 2.45) is 5.92 Å². The van der Waals surface area contributed by atoms with Gasteiger partial charge in [0.1, 0.15) is 5.69 Å². The predicted octanol–water partition coefficient (Wildman–Crippen LogP) is 2.95. The molecule has 24 heavy (non-hydrogen) atoms. The van der Waals surface area contributed by atoms with E-state index in [-0.39, 0.29) is 5.91 Å². The number of aromatic nitrogens is 1. The van der Waals surface area contributed by atoms with Gasteiger partial charge >= 0.3 is 0 Å². The Morgan fingerprint density at radius 3 is 2.38 bits per heavy atom. The Morgan fingerprint density at radius 1 is 1.00 bits per heavy atom. The van der Waals surface area contributed by atoms with Gasteiger partial charge in [-0.3, -0.25) is 9.69 Å². The molecule has 2 aromatic rings. The van der Waals surface area contributed by atoms with Crippen molar-refractivity contribution in [2.45, 2.75) is 20.4 Å². The van der Waals surface area contributed by atoms with Gasteiger partial charge in [-0.2, -0.15) is 0 Å². The first-order valence-electron chi connectivity index (χ1n) is 8.84. The molecule has 0 saturated carbocycles. The van der Waals surface area contributed by atoms with Crippen LogP contribution in [0.25, 0.3) is 0 Å². The Kier molecular flexibility index (Phi) is 5.36. The van der Waals surface area contributed by atoms with Crippen molar-refractivity contribution in [1.29, 1.82) is 0 Å². The number of benzene rings is 1. The normalized spacial score (nSPS) is 15.9. The zero-order chi connectivity index (χ0) is 16.9. The highest BCUT2D eigenvalue weighted by Crippen LogP contribution is 2.13. The van der Waals surface area contributed by atoms with E-state index in [2.05, 4.69) is 35.4 Å². The van der Waals surface area contributed by atoms with Crippen molar-refractivity contribution in [2.75, 3.05) is 32.7 Å². The molecule has 1 saturated heterocycles. The molecule has 0 aliphatic carbocycles. The summed E-state index contributed by atoms with van der Waals surface area (Å²) in [7, 11) is 0. The third kappa shape index (κ3) is 4.06. The summed E-state index contributed by atoms with van der Waals surface area (Å²) in [5, 5.41) is 0. The number of rotatable bonds is 5. The molecule has 0 spiro atoms. The van der Waals surface area contributed by atoms with Crippen LogP contribution in [0.1, 0.15) is 29.9 Å². The third-order valence-corrected chi connectivity index (χ3v) is 4.53. The Bertz CT molecular complexity index is 655. The fraction of sp³-hybridized carbons (Fsp3) is 0.450. The zero-order valence-corrected chi connectivity index (χ0v) is 14.7. The second-order valence-corrected chi connectivity index (χ2v) is 6.99. The molecule has 0 bridgehead atoms. The SMILES string of the molecule is CC(C)CN1CCN(C(=O)c2cccn2Cc2ccccc2)CC1. The third-order valence-electron chi connectivity index (χ3n) is 4.53. The summed E-state index contributed by atoms with van der Waals surface area (Å²) in [6.45, 7) is 9.94. The van der Waals surface area contributed by atoms with Crippen LogP contribution in [0.15, 0.2) is 48.7 Å². The van der Waals surface area contributed by atoms with Crippen LogP contribution in [0.3, 0.4) is 0 Å². The standard InChI is InChI=1S/C20H27N3O/c1-17(2)15-21-11-13-22(14-12-21)20(24)19-9-6-10-23(19)16-18-7-4-3-5-8-18/h3-10,17H,11-16H2,1-2H3. The summed E-state index contributed by atoms with van der Waals surface area (Å²) in [4.78, 5) is 17.3. The number of hydrogen-bond acceptors (Lipinski definition) is 2. The molecular weight excluding hydrogens is 298 g/mol. The van der Waals surface area contributed by atoms with E-state index >= 15 is 0 Å². The first-order valence-corrected chi connectivity index (χ1v) is 8.84. The summed E-state index contributed by atoms with van der Waals surface area (Å²) in [6, 6.07) is 14.2. The van der Waals surface area contributed by atoms with Crippen LogP contribution in [0.4, 0.5) is 0 Å². The van der Waals surface area contributed by atoms with Crippen molar-refractivity contribution in [3.05, 3.63) is 59.9 Å². The Labute approximate surface area is 144 Å². The minimum atomic E-state index is 0.153. The second kappa shape index (κ2) is 7.67. The second-order valence-electron chi connectivity index (χ2n) is 6.99. The number of nitrogens with zero attached hydrogens (tertiary/aromatic N) is 3. The van der Waals surface area contributed by atoms with Gasteiger partial charge < -0.3 is 9.47 Å². The van der Waals surface area contributed by atoms with Gasteiger partial charge in [-0.1, -0.05) is 44.2 Å². The molecule has 1 fully saturated rings. The summed E-state index contributed by atoms with van der Waals surface area (Å²) in [5.74, 6) is 0.829. The molecule has 2 heterocycles. The lowest BCUT2D eigenvalue weighted by Crippen LogP contribution is -2.49. The van der Waals surface area contributed by atoms with Crippen LogP contribution < -0.4 is 0 Å². The van der Waals surface area contributed by atoms with Crippen molar-refractivity contribution >= 4 is 5.91 Å². The highest BCUT2D eigenvalue weighted by atomic mass is 16.2. The lowest BCUT2D eigenvalue weighted by Gasteiger charge is -2.35. The van der Waals surface area contributed by atoms with Crippen LogP contribution in [-0.4, -0.2) is 53.0 Å². The lowest BCUT2D eigenvalue weighted by atomic mass is 10.2. The molecule has 1 aromatic carbocycles. The molecule has 1 aliphatic rings. The largest absolute Gasteiger partial charge is 0.339 e. The van der Waals surface area contributed by atoms with E-state index in [4.69, 9.17) is 0 Å². The van der Waals surface area contributed by atoms with Gasteiger partial charge in [0.25, 0.3) is 5.91 Å². The number of carbonyl (C=O) groups is 1. The average molecular weight is 325 g/mol. The number of amides is 1.